The van der Waals surface area contributed by atoms with Gasteiger partial charge in [0.25, 0.3) is 0 Å². The Bertz CT molecular complexity index is 585. The van der Waals surface area contributed by atoms with Gasteiger partial charge in [0, 0.05) is 24.7 Å². The van der Waals surface area contributed by atoms with E-state index in [1.54, 1.807) is 12.1 Å². The minimum atomic E-state index is -0.368. The van der Waals surface area contributed by atoms with E-state index in [1.165, 1.54) is 12.1 Å². The van der Waals surface area contributed by atoms with Gasteiger partial charge in [0.2, 0.25) is 11.8 Å². The molecular formula is C17H23ClFN3O2. The molecule has 3 rings (SSSR count). The van der Waals surface area contributed by atoms with Crippen molar-refractivity contribution in [3.05, 3.63) is 30.1 Å². The Kier molecular flexibility index (Phi) is 6.57. The second-order valence-corrected chi connectivity index (χ2v) is 6.25. The molecule has 0 bridgehead atoms. The largest absolute Gasteiger partial charge is 0.341 e. The highest BCUT2D eigenvalue weighted by Crippen LogP contribution is 2.21. The van der Waals surface area contributed by atoms with E-state index in [0.717, 1.165) is 19.4 Å². The fraction of sp³-hybridized carbons (Fsp3) is 0.529. The lowest BCUT2D eigenvalue weighted by Crippen LogP contribution is -2.48. The third-order valence-electron chi connectivity index (χ3n) is 4.63. The summed E-state index contributed by atoms with van der Waals surface area (Å²) in [5.74, 6) is -0.431. The number of nitrogens with one attached hydrogen (secondary N) is 2. The van der Waals surface area contributed by atoms with Gasteiger partial charge in [0.15, 0.2) is 0 Å². The van der Waals surface area contributed by atoms with Gasteiger partial charge in [-0.25, -0.2) is 4.39 Å². The van der Waals surface area contributed by atoms with Crippen LogP contribution in [-0.4, -0.2) is 42.4 Å². The first-order valence-electron chi connectivity index (χ1n) is 8.22. The number of halogens is 2. The molecule has 132 valence electrons. The Morgan fingerprint density at radius 2 is 1.96 bits per heavy atom. The first kappa shape index (κ1) is 18.7. The lowest BCUT2D eigenvalue weighted by Gasteiger charge is -2.33. The van der Waals surface area contributed by atoms with Gasteiger partial charge in [-0.15, -0.1) is 12.4 Å². The molecule has 0 aromatic heterocycles. The van der Waals surface area contributed by atoms with E-state index in [1.807, 2.05) is 4.90 Å². The van der Waals surface area contributed by atoms with Crippen LogP contribution in [0, 0.1) is 11.7 Å². The molecule has 2 saturated heterocycles. The monoisotopic (exact) mass is 355 g/mol. The van der Waals surface area contributed by atoms with Gasteiger partial charge in [-0.1, -0.05) is 6.07 Å². The first-order chi connectivity index (χ1) is 11.1. The Morgan fingerprint density at radius 3 is 2.58 bits per heavy atom. The average Bonchev–Trinajstić information content (AvgIpc) is 3.09. The van der Waals surface area contributed by atoms with Crippen molar-refractivity contribution in [2.45, 2.75) is 31.7 Å². The summed E-state index contributed by atoms with van der Waals surface area (Å²) < 4.78 is 13.1. The lowest BCUT2D eigenvalue weighted by molar-refractivity contribution is -0.136. The minimum absolute atomic E-state index is 0. The molecule has 24 heavy (non-hydrogen) atoms. The van der Waals surface area contributed by atoms with E-state index in [9.17, 15) is 14.0 Å². The molecule has 2 aliphatic heterocycles. The SMILES string of the molecule is Cl.O=C(Nc1cccc(F)c1)C1CCN(C(=O)C2CCCN2)CC1. The van der Waals surface area contributed by atoms with Crippen molar-refractivity contribution in [1.82, 2.24) is 10.2 Å². The number of carbonyl (C=O) groups excluding carboxylic acids is 2. The molecule has 2 heterocycles. The highest BCUT2D eigenvalue weighted by molar-refractivity contribution is 5.92. The predicted molar refractivity (Wildman–Crippen MR) is 92.6 cm³/mol. The maximum absolute atomic E-state index is 13.1. The molecule has 2 amide bonds. The molecule has 2 N–H and O–H groups in total. The number of carbonyl (C=O) groups is 2. The van der Waals surface area contributed by atoms with Crippen LogP contribution in [0.5, 0.6) is 0 Å². The van der Waals surface area contributed by atoms with Crippen LogP contribution in [0.3, 0.4) is 0 Å². The molecule has 1 aromatic carbocycles. The van der Waals surface area contributed by atoms with Gasteiger partial charge >= 0.3 is 0 Å². The maximum atomic E-state index is 13.1. The Hall–Kier alpha value is -1.66. The van der Waals surface area contributed by atoms with Crippen molar-refractivity contribution < 1.29 is 14.0 Å². The molecule has 0 radical (unpaired) electrons. The highest BCUT2D eigenvalue weighted by Gasteiger charge is 2.31. The summed E-state index contributed by atoms with van der Waals surface area (Å²) >= 11 is 0. The maximum Gasteiger partial charge on any atom is 0.239 e. The molecule has 2 fully saturated rings. The van der Waals surface area contributed by atoms with Crippen molar-refractivity contribution in [3.8, 4) is 0 Å². The van der Waals surface area contributed by atoms with Gasteiger partial charge in [0.05, 0.1) is 6.04 Å². The predicted octanol–water partition coefficient (Wildman–Crippen LogP) is 2.18. The van der Waals surface area contributed by atoms with Gasteiger partial charge in [-0.05, 0) is 50.4 Å². The third kappa shape index (κ3) is 4.45. The topological polar surface area (TPSA) is 61.4 Å². The highest BCUT2D eigenvalue weighted by atomic mass is 35.5. The van der Waals surface area contributed by atoms with Crippen LogP contribution >= 0.6 is 12.4 Å². The first-order valence-corrected chi connectivity index (χ1v) is 8.22. The van der Waals surface area contributed by atoms with Crippen molar-refractivity contribution >= 4 is 29.9 Å². The van der Waals surface area contributed by atoms with Gasteiger partial charge < -0.3 is 15.5 Å². The van der Waals surface area contributed by atoms with E-state index in [0.29, 0.717) is 31.6 Å². The number of nitrogens with zero attached hydrogens (tertiary/aromatic N) is 1. The second-order valence-electron chi connectivity index (χ2n) is 6.25. The van der Waals surface area contributed by atoms with Crippen LogP contribution in [0.15, 0.2) is 24.3 Å². The number of rotatable bonds is 3. The van der Waals surface area contributed by atoms with Gasteiger partial charge in [-0.3, -0.25) is 9.59 Å². The molecular weight excluding hydrogens is 333 g/mol. The number of hydrogen-bond donors (Lipinski definition) is 2. The summed E-state index contributed by atoms with van der Waals surface area (Å²) in [5, 5.41) is 5.98. The molecule has 5 nitrogen and oxygen atoms in total. The summed E-state index contributed by atoms with van der Waals surface area (Å²) in [4.78, 5) is 26.4. The Balaban J connectivity index is 0.00000208. The van der Waals surface area contributed by atoms with Crippen molar-refractivity contribution in [3.63, 3.8) is 0 Å². The number of piperidine rings is 1. The smallest absolute Gasteiger partial charge is 0.239 e. The molecule has 0 spiro atoms. The van der Waals surface area contributed by atoms with E-state index in [-0.39, 0.29) is 42.0 Å². The average molecular weight is 356 g/mol. The van der Waals surface area contributed by atoms with E-state index in [2.05, 4.69) is 10.6 Å². The number of anilines is 1. The number of benzene rings is 1. The molecule has 0 aliphatic carbocycles. The zero-order chi connectivity index (χ0) is 16.2. The van der Waals surface area contributed by atoms with Crippen LogP contribution in [-0.2, 0) is 9.59 Å². The van der Waals surface area contributed by atoms with Crippen molar-refractivity contribution in [1.29, 1.82) is 0 Å². The number of likely N-dealkylation sites (tertiary alicyclic amines) is 1. The minimum Gasteiger partial charge on any atom is -0.341 e. The summed E-state index contributed by atoms with van der Waals surface area (Å²) in [7, 11) is 0. The summed E-state index contributed by atoms with van der Waals surface area (Å²) in [6, 6.07) is 5.85. The van der Waals surface area contributed by atoms with E-state index >= 15 is 0 Å². The molecule has 1 unspecified atom stereocenters. The standard InChI is InChI=1S/C17H22FN3O2.ClH/c18-13-3-1-4-14(11-13)20-16(22)12-6-9-21(10-7-12)17(23)15-5-2-8-19-15;/h1,3-4,11-12,15,19H,2,5-10H2,(H,20,22);1H. The van der Waals surface area contributed by atoms with E-state index < -0.39 is 0 Å². The van der Waals surface area contributed by atoms with Crippen LogP contribution < -0.4 is 10.6 Å². The van der Waals surface area contributed by atoms with Crippen LogP contribution in [0.1, 0.15) is 25.7 Å². The molecule has 1 atom stereocenters. The zero-order valence-electron chi connectivity index (χ0n) is 13.5. The normalized spacial score (nSPS) is 21.2. The summed E-state index contributed by atoms with van der Waals surface area (Å²) in [6.07, 6.45) is 3.25. The number of hydrogen-bond acceptors (Lipinski definition) is 3. The molecule has 7 heteroatoms. The fourth-order valence-electron chi connectivity index (χ4n) is 3.29. The van der Waals surface area contributed by atoms with Gasteiger partial charge in [0.1, 0.15) is 5.82 Å². The Morgan fingerprint density at radius 1 is 1.21 bits per heavy atom. The van der Waals surface area contributed by atoms with Crippen molar-refractivity contribution in [2.24, 2.45) is 5.92 Å². The zero-order valence-corrected chi connectivity index (χ0v) is 14.3. The Labute approximate surface area is 147 Å². The molecule has 2 aliphatic rings. The van der Waals surface area contributed by atoms with Gasteiger partial charge in [-0.2, -0.15) is 0 Å². The van der Waals surface area contributed by atoms with Crippen LogP contribution in [0.4, 0.5) is 10.1 Å². The van der Waals surface area contributed by atoms with Crippen molar-refractivity contribution in [2.75, 3.05) is 25.0 Å². The summed E-state index contributed by atoms with van der Waals surface area (Å²) in [6.45, 7) is 2.12. The third-order valence-corrected chi connectivity index (χ3v) is 4.63. The van der Waals surface area contributed by atoms with Crippen LogP contribution in [0.2, 0.25) is 0 Å². The van der Waals surface area contributed by atoms with E-state index in [4.69, 9.17) is 0 Å². The summed E-state index contributed by atoms with van der Waals surface area (Å²) in [5.41, 5.74) is 0.476. The molecule has 1 aromatic rings. The quantitative estimate of drug-likeness (QED) is 0.873. The fourth-order valence-corrected chi connectivity index (χ4v) is 3.29. The lowest BCUT2D eigenvalue weighted by atomic mass is 9.95. The number of amides is 2. The second kappa shape index (κ2) is 8.44. The van der Waals surface area contributed by atoms with Crippen LogP contribution in [0.25, 0.3) is 0 Å². The molecule has 0 saturated carbocycles.